The number of benzene rings is 1. The highest BCUT2D eigenvalue weighted by atomic mass is 32.2. The zero-order valence-corrected chi connectivity index (χ0v) is 16.7. The number of ether oxygens (including phenoxy) is 1. The van der Waals surface area contributed by atoms with E-state index < -0.39 is 16.1 Å². The fraction of sp³-hybridized carbons (Fsp3) is 0.579. The molecule has 0 aliphatic heterocycles. The van der Waals surface area contributed by atoms with Crippen LogP contribution in [0.3, 0.4) is 0 Å². The van der Waals surface area contributed by atoms with Gasteiger partial charge in [0.15, 0.2) is 0 Å². The van der Waals surface area contributed by atoms with Crippen LogP contribution in [0.2, 0.25) is 0 Å². The summed E-state index contributed by atoms with van der Waals surface area (Å²) < 4.78 is 36.0. The van der Waals surface area contributed by atoms with E-state index in [0.29, 0.717) is 25.9 Å². The van der Waals surface area contributed by atoms with Crippen LogP contribution in [0.4, 0.5) is 0 Å². The van der Waals surface area contributed by atoms with Crippen LogP contribution in [0, 0.1) is 0 Å². The van der Waals surface area contributed by atoms with Crippen LogP contribution in [0.25, 0.3) is 0 Å². The number of unbranched alkanes of at least 4 members (excludes halogenated alkanes) is 5. The molecule has 0 spiro atoms. The van der Waals surface area contributed by atoms with Crippen molar-refractivity contribution in [3.63, 3.8) is 0 Å². The molecule has 0 aliphatic carbocycles. The fourth-order valence-corrected chi connectivity index (χ4v) is 3.05. The summed E-state index contributed by atoms with van der Waals surface area (Å²) in [5, 5.41) is 11.6. The quantitative estimate of drug-likeness (QED) is 0.226. The number of carbonyl (C=O) groups is 2. The van der Waals surface area contributed by atoms with Crippen LogP contribution in [-0.2, 0) is 31.0 Å². The van der Waals surface area contributed by atoms with Gasteiger partial charge >= 0.3 is 11.9 Å². The van der Waals surface area contributed by atoms with Crippen LogP contribution >= 0.6 is 0 Å². The fourth-order valence-electron chi connectivity index (χ4n) is 2.57. The number of carboxylic acid groups (broad SMARTS) is 1. The van der Waals surface area contributed by atoms with Crippen molar-refractivity contribution in [1.29, 1.82) is 0 Å². The number of nitrogens with one attached hydrogen (secondary N) is 1. The number of aliphatic carboxylic acids is 1. The minimum absolute atomic E-state index is 0.148. The third-order valence-corrected chi connectivity index (χ3v) is 4.98. The van der Waals surface area contributed by atoms with Crippen LogP contribution in [0.15, 0.2) is 29.2 Å². The first kappa shape index (κ1) is 24.1. The third-order valence-electron chi connectivity index (χ3n) is 4.11. The monoisotopic (exact) mass is 415 g/mol. The summed E-state index contributed by atoms with van der Waals surface area (Å²) in [6.07, 6.45) is 5.88. The van der Waals surface area contributed by atoms with Crippen LogP contribution in [-0.4, -0.2) is 43.2 Å². The Morgan fingerprint density at radius 2 is 1.50 bits per heavy atom. The first-order valence-electron chi connectivity index (χ1n) is 9.43. The van der Waals surface area contributed by atoms with E-state index in [1.165, 1.54) is 12.1 Å². The average molecular weight is 416 g/mol. The molecule has 1 aromatic carbocycles. The number of esters is 1. The molecule has 0 aromatic heterocycles. The average Bonchev–Trinajstić information content (AvgIpc) is 2.63. The van der Waals surface area contributed by atoms with Gasteiger partial charge in [-0.05, 0) is 30.5 Å². The largest absolute Gasteiger partial charge is 0.481 e. The molecule has 0 unspecified atom stereocenters. The molecule has 0 saturated heterocycles. The molecule has 0 radical (unpaired) electrons. The predicted octanol–water partition coefficient (Wildman–Crippen LogP) is 2.77. The van der Waals surface area contributed by atoms with Crippen LogP contribution < -0.4 is 5.32 Å². The van der Waals surface area contributed by atoms with Gasteiger partial charge in [-0.3, -0.25) is 14.1 Å². The highest BCUT2D eigenvalue weighted by Gasteiger charge is 2.08. The van der Waals surface area contributed by atoms with Crippen molar-refractivity contribution in [1.82, 2.24) is 5.32 Å². The van der Waals surface area contributed by atoms with E-state index in [-0.39, 0.29) is 23.9 Å². The molecule has 3 N–H and O–H groups in total. The van der Waals surface area contributed by atoms with Gasteiger partial charge in [0.25, 0.3) is 10.1 Å². The van der Waals surface area contributed by atoms with Crippen molar-refractivity contribution in [3.05, 3.63) is 29.8 Å². The molecule has 158 valence electrons. The number of rotatable bonds is 15. The van der Waals surface area contributed by atoms with Gasteiger partial charge < -0.3 is 15.2 Å². The smallest absolute Gasteiger partial charge is 0.305 e. The zero-order valence-electron chi connectivity index (χ0n) is 15.9. The molecule has 9 heteroatoms. The summed E-state index contributed by atoms with van der Waals surface area (Å²) in [4.78, 5) is 21.8. The molecule has 0 saturated carbocycles. The highest BCUT2D eigenvalue weighted by molar-refractivity contribution is 7.85. The molecular formula is C19H29NO7S. The van der Waals surface area contributed by atoms with Gasteiger partial charge in [-0.15, -0.1) is 0 Å². The van der Waals surface area contributed by atoms with E-state index in [2.05, 4.69) is 5.32 Å². The maximum atomic E-state index is 11.6. The van der Waals surface area contributed by atoms with E-state index in [9.17, 15) is 18.0 Å². The van der Waals surface area contributed by atoms with Gasteiger partial charge in [-0.2, -0.15) is 8.42 Å². The van der Waals surface area contributed by atoms with E-state index in [1.807, 2.05) is 0 Å². The number of hydrogen-bond donors (Lipinski definition) is 3. The Morgan fingerprint density at radius 3 is 2.07 bits per heavy atom. The Bertz CT molecular complexity index is 701. The van der Waals surface area contributed by atoms with Crippen molar-refractivity contribution in [3.8, 4) is 0 Å². The molecular weight excluding hydrogens is 386 g/mol. The summed E-state index contributed by atoms with van der Waals surface area (Å²) in [6, 6.07) is 5.87. The normalized spacial score (nSPS) is 11.3. The first-order valence-corrected chi connectivity index (χ1v) is 10.9. The lowest BCUT2D eigenvalue weighted by molar-refractivity contribution is -0.143. The SMILES string of the molecule is O=C(O)CCCCCCCCC(=O)OCCNCc1ccc(S(=O)(=O)O)cc1. The lowest BCUT2D eigenvalue weighted by Crippen LogP contribution is -2.21. The second-order valence-corrected chi connectivity index (χ2v) is 7.95. The molecule has 0 amide bonds. The third kappa shape index (κ3) is 11.7. The zero-order chi connectivity index (χ0) is 20.8. The van der Waals surface area contributed by atoms with E-state index >= 15 is 0 Å². The predicted molar refractivity (Wildman–Crippen MR) is 103 cm³/mol. The van der Waals surface area contributed by atoms with Gasteiger partial charge in [0.2, 0.25) is 0 Å². The molecule has 0 fully saturated rings. The van der Waals surface area contributed by atoms with Crippen LogP contribution in [0.1, 0.15) is 56.9 Å². The maximum Gasteiger partial charge on any atom is 0.305 e. The van der Waals surface area contributed by atoms with E-state index in [0.717, 1.165) is 37.7 Å². The summed E-state index contributed by atoms with van der Waals surface area (Å²) in [7, 11) is -4.18. The molecule has 0 aliphatic rings. The Balaban J connectivity index is 2.00. The minimum atomic E-state index is -4.18. The Morgan fingerprint density at radius 1 is 0.929 bits per heavy atom. The van der Waals surface area contributed by atoms with Crippen molar-refractivity contribution < 1.29 is 32.4 Å². The standard InChI is InChI=1S/C19H29NO7S/c21-18(22)7-5-3-1-2-4-6-8-19(23)27-14-13-20-15-16-9-11-17(12-10-16)28(24,25)26/h9-12,20H,1-8,13-15H2,(H,21,22)(H,24,25,26). The van der Waals surface area contributed by atoms with E-state index in [4.69, 9.17) is 14.4 Å². The summed E-state index contributed by atoms with van der Waals surface area (Å²) in [5.41, 5.74) is 0.849. The van der Waals surface area contributed by atoms with Crippen molar-refractivity contribution >= 4 is 22.1 Å². The highest BCUT2D eigenvalue weighted by Crippen LogP contribution is 2.10. The Hall–Kier alpha value is -1.97. The van der Waals surface area contributed by atoms with Gasteiger partial charge in [0.05, 0.1) is 4.90 Å². The van der Waals surface area contributed by atoms with Gasteiger partial charge in [0.1, 0.15) is 6.61 Å². The number of hydrogen-bond acceptors (Lipinski definition) is 6. The number of carbonyl (C=O) groups excluding carboxylic acids is 1. The van der Waals surface area contributed by atoms with Gasteiger partial charge in [0, 0.05) is 25.9 Å². The second kappa shape index (κ2) is 13.2. The number of carboxylic acids is 1. The summed E-state index contributed by atoms with van der Waals surface area (Å²) >= 11 is 0. The minimum Gasteiger partial charge on any atom is -0.481 e. The molecule has 8 nitrogen and oxygen atoms in total. The molecule has 28 heavy (non-hydrogen) atoms. The molecule has 1 rings (SSSR count). The molecule has 0 bridgehead atoms. The van der Waals surface area contributed by atoms with Gasteiger partial charge in [-0.25, -0.2) is 0 Å². The molecule has 0 atom stereocenters. The lowest BCUT2D eigenvalue weighted by Gasteiger charge is -2.07. The van der Waals surface area contributed by atoms with Gasteiger partial charge in [-0.1, -0.05) is 37.8 Å². The van der Waals surface area contributed by atoms with Crippen molar-refractivity contribution in [2.75, 3.05) is 13.2 Å². The Kier molecular flexibility index (Phi) is 11.4. The van der Waals surface area contributed by atoms with Crippen molar-refractivity contribution in [2.24, 2.45) is 0 Å². The van der Waals surface area contributed by atoms with Crippen molar-refractivity contribution in [2.45, 2.75) is 62.8 Å². The summed E-state index contributed by atoms with van der Waals surface area (Å²) in [6.45, 7) is 1.23. The molecule has 0 heterocycles. The Labute approximate surface area is 166 Å². The second-order valence-electron chi connectivity index (χ2n) is 6.53. The lowest BCUT2D eigenvalue weighted by atomic mass is 10.1. The topological polar surface area (TPSA) is 130 Å². The van der Waals surface area contributed by atoms with E-state index in [1.54, 1.807) is 12.1 Å². The summed E-state index contributed by atoms with van der Waals surface area (Å²) in [5.74, 6) is -0.988. The first-order chi connectivity index (χ1) is 13.3. The molecule has 1 aromatic rings. The van der Waals surface area contributed by atoms with Crippen LogP contribution in [0.5, 0.6) is 0 Å². The maximum absolute atomic E-state index is 11.6.